The zero-order valence-corrected chi connectivity index (χ0v) is 21.6. The summed E-state index contributed by atoms with van der Waals surface area (Å²) < 4.78 is 0. The van der Waals surface area contributed by atoms with E-state index >= 15 is 0 Å². The maximum absolute atomic E-state index is 12.8. The molecule has 1 fully saturated rings. The highest BCUT2D eigenvalue weighted by Crippen LogP contribution is 2.26. The minimum atomic E-state index is -1.27. The Morgan fingerprint density at radius 1 is 1.00 bits per heavy atom. The maximum Gasteiger partial charge on any atom is 0.326 e. The second-order valence-electron chi connectivity index (χ2n) is 8.12. The van der Waals surface area contributed by atoms with Crippen molar-refractivity contribution in [3.05, 3.63) is 63.6 Å². The van der Waals surface area contributed by atoms with Crippen LogP contribution in [0.2, 0.25) is 10.0 Å². The topological polar surface area (TPSA) is 153 Å². The van der Waals surface area contributed by atoms with Gasteiger partial charge in [-0.3, -0.25) is 19.2 Å². The number of benzene rings is 2. The van der Waals surface area contributed by atoms with E-state index < -0.39 is 41.7 Å². The van der Waals surface area contributed by atoms with Crippen LogP contribution >= 0.6 is 35.0 Å². The summed E-state index contributed by atoms with van der Waals surface area (Å²) in [4.78, 5) is 61.5. The fraction of sp³-hybridized carbons (Fsp3) is 0.292. The quantitative estimate of drug-likeness (QED) is 0.341. The van der Waals surface area contributed by atoms with Crippen molar-refractivity contribution in [1.29, 1.82) is 0 Å². The summed E-state index contributed by atoms with van der Waals surface area (Å²) in [5.74, 6) is -3.48. The largest absolute Gasteiger partial charge is 0.481 e. The Morgan fingerprint density at radius 2 is 1.65 bits per heavy atom. The Labute approximate surface area is 226 Å². The van der Waals surface area contributed by atoms with Gasteiger partial charge in [0.15, 0.2) is 0 Å². The van der Waals surface area contributed by atoms with Crippen LogP contribution in [-0.4, -0.2) is 68.5 Å². The Balaban J connectivity index is 1.62. The molecule has 0 saturated carbocycles. The first-order valence-corrected chi connectivity index (χ1v) is 12.9. The maximum atomic E-state index is 12.8. The van der Waals surface area contributed by atoms with Crippen molar-refractivity contribution in [3.63, 3.8) is 0 Å². The van der Waals surface area contributed by atoms with E-state index in [1.54, 1.807) is 42.5 Å². The third-order valence-corrected chi connectivity index (χ3v) is 7.16. The van der Waals surface area contributed by atoms with Gasteiger partial charge in [-0.05, 0) is 29.8 Å². The number of hydrogen-bond acceptors (Lipinski definition) is 6. The van der Waals surface area contributed by atoms with Gasteiger partial charge in [-0.2, -0.15) is 0 Å². The molecule has 0 spiro atoms. The van der Waals surface area contributed by atoms with E-state index in [2.05, 4.69) is 10.6 Å². The van der Waals surface area contributed by atoms with E-state index in [1.807, 2.05) is 0 Å². The predicted octanol–water partition coefficient (Wildman–Crippen LogP) is 3.12. The molecule has 10 nitrogen and oxygen atoms in total. The van der Waals surface area contributed by atoms with Crippen LogP contribution in [0.1, 0.15) is 28.8 Å². The second kappa shape index (κ2) is 12.8. The third kappa shape index (κ3) is 7.61. The Kier molecular flexibility index (Phi) is 9.79. The van der Waals surface area contributed by atoms with E-state index in [1.165, 1.54) is 16.7 Å². The Hall–Kier alpha value is -3.28. The van der Waals surface area contributed by atoms with Crippen LogP contribution < -0.4 is 10.6 Å². The fourth-order valence-electron chi connectivity index (χ4n) is 3.60. The smallest absolute Gasteiger partial charge is 0.326 e. The molecule has 1 heterocycles. The molecule has 1 aliphatic rings. The lowest BCUT2D eigenvalue weighted by Gasteiger charge is -2.24. The molecular weight excluding hydrogens is 545 g/mol. The van der Waals surface area contributed by atoms with Gasteiger partial charge in [-0.15, -0.1) is 11.8 Å². The molecule has 1 saturated heterocycles. The number of anilines is 1. The summed E-state index contributed by atoms with van der Waals surface area (Å²) in [7, 11) is 0. The lowest BCUT2D eigenvalue weighted by molar-refractivity contribution is -0.145. The molecule has 2 atom stereocenters. The summed E-state index contributed by atoms with van der Waals surface area (Å²) in [6.07, 6.45) is -0.639. The standard InChI is InChI=1S/C24H23Cl2N3O7S/c25-15-2-1-3-16(26)21(15)23(34)27-14-6-4-13(5-7-14)10-17(24(35)36)28-22(33)18-11-37-12-29(18)19(30)8-9-20(31)32/h1-7,17-18H,8-12H2,(H,27,34)(H,28,33)(H,31,32)(H,35,36)/t17-,18+/m0/s1. The van der Waals surface area contributed by atoms with Crippen molar-refractivity contribution in [3.8, 4) is 0 Å². The second-order valence-corrected chi connectivity index (χ2v) is 9.94. The van der Waals surface area contributed by atoms with Crippen molar-refractivity contribution >= 4 is 70.3 Å². The first-order chi connectivity index (χ1) is 17.6. The van der Waals surface area contributed by atoms with Crippen LogP contribution in [0.5, 0.6) is 0 Å². The number of rotatable bonds is 10. The lowest BCUT2D eigenvalue weighted by Crippen LogP contribution is -2.52. The number of nitrogens with one attached hydrogen (secondary N) is 2. The van der Waals surface area contributed by atoms with Crippen molar-refractivity contribution < 1.29 is 34.2 Å². The number of hydrogen-bond donors (Lipinski definition) is 4. The SMILES string of the molecule is O=C(O)CCC(=O)N1CSC[C@@H]1C(=O)N[C@@H](Cc1ccc(NC(=O)c2c(Cl)cccc2Cl)cc1)C(=O)O. The Bertz CT molecular complexity index is 1190. The monoisotopic (exact) mass is 567 g/mol. The van der Waals surface area contributed by atoms with E-state index in [4.69, 9.17) is 28.3 Å². The van der Waals surface area contributed by atoms with Crippen LogP contribution in [0.4, 0.5) is 5.69 Å². The van der Waals surface area contributed by atoms with Crippen molar-refractivity contribution in [2.45, 2.75) is 31.3 Å². The van der Waals surface area contributed by atoms with Gasteiger partial charge in [0.1, 0.15) is 12.1 Å². The molecule has 3 amide bonds. The molecule has 4 N–H and O–H groups in total. The summed E-state index contributed by atoms with van der Waals surface area (Å²) in [6, 6.07) is 8.93. The van der Waals surface area contributed by atoms with Crippen LogP contribution in [0.15, 0.2) is 42.5 Å². The summed E-state index contributed by atoms with van der Waals surface area (Å²) >= 11 is 13.5. The number of aliphatic carboxylic acids is 2. The number of thioether (sulfide) groups is 1. The normalized spacial score (nSPS) is 15.6. The number of carbonyl (C=O) groups excluding carboxylic acids is 3. The average Bonchev–Trinajstić information content (AvgIpc) is 3.33. The van der Waals surface area contributed by atoms with E-state index in [9.17, 15) is 29.1 Å². The number of carboxylic acid groups (broad SMARTS) is 2. The number of carbonyl (C=O) groups is 5. The van der Waals surface area contributed by atoms with E-state index in [-0.39, 0.29) is 46.5 Å². The van der Waals surface area contributed by atoms with Crippen molar-refractivity contribution in [2.75, 3.05) is 16.9 Å². The highest BCUT2D eigenvalue weighted by atomic mass is 35.5. The van der Waals surface area contributed by atoms with E-state index in [0.717, 1.165) is 0 Å². The van der Waals surface area contributed by atoms with Crippen LogP contribution in [-0.2, 0) is 25.6 Å². The highest BCUT2D eigenvalue weighted by molar-refractivity contribution is 7.99. The zero-order chi connectivity index (χ0) is 27.1. The predicted molar refractivity (Wildman–Crippen MR) is 139 cm³/mol. The zero-order valence-electron chi connectivity index (χ0n) is 19.3. The molecule has 0 aliphatic carbocycles. The average molecular weight is 568 g/mol. The minimum absolute atomic E-state index is 0.0432. The number of nitrogens with zero attached hydrogens (tertiary/aromatic N) is 1. The minimum Gasteiger partial charge on any atom is -0.481 e. The van der Waals surface area contributed by atoms with Crippen LogP contribution in [0.25, 0.3) is 0 Å². The molecule has 0 bridgehead atoms. The molecule has 0 radical (unpaired) electrons. The highest BCUT2D eigenvalue weighted by Gasteiger charge is 2.36. The lowest BCUT2D eigenvalue weighted by atomic mass is 10.0. The molecule has 1 aliphatic heterocycles. The Morgan fingerprint density at radius 3 is 2.24 bits per heavy atom. The molecule has 0 unspecified atom stereocenters. The van der Waals surface area contributed by atoms with Gasteiger partial charge in [0.05, 0.1) is 27.9 Å². The van der Waals surface area contributed by atoms with Crippen LogP contribution in [0, 0.1) is 0 Å². The summed E-state index contributed by atoms with van der Waals surface area (Å²) in [5, 5.41) is 24.0. The molecule has 3 rings (SSSR count). The first-order valence-electron chi connectivity index (χ1n) is 11.0. The molecule has 2 aromatic carbocycles. The number of carboxylic acids is 2. The summed E-state index contributed by atoms with van der Waals surface area (Å²) in [6.45, 7) is 0. The van der Waals surface area contributed by atoms with Gasteiger partial charge < -0.3 is 25.7 Å². The fourth-order valence-corrected chi connectivity index (χ4v) is 5.35. The first kappa shape index (κ1) is 28.3. The van der Waals surface area contributed by atoms with Gasteiger partial charge >= 0.3 is 11.9 Å². The molecule has 0 aromatic heterocycles. The molecule has 196 valence electrons. The van der Waals surface area contributed by atoms with Gasteiger partial charge in [-0.1, -0.05) is 41.4 Å². The van der Waals surface area contributed by atoms with Gasteiger partial charge in [0, 0.05) is 24.3 Å². The van der Waals surface area contributed by atoms with Gasteiger partial charge in [0.2, 0.25) is 11.8 Å². The van der Waals surface area contributed by atoms with Crippen molar-refractivity contribution in [1.82, 2.24) is 10.2 Å². The molecule has 13 heteroatoms. The number of halogens is 2. The number of amides is 3. The van der Waals surface area contributed by atoms with Gasteiger partial charge in [0.25, 0.3) is 5.91 Å². The summed E-state index contributed by atoms with van der Waals surface area (Å²) in [5.41, 5.74) is 1.14. The van der Waals surface area contributed by atoms with Gasteiger partial charge in [-0.25, -0.2) is 4.79 Å². The third-order valence-electron chi connectivity index (χ3n) is 5.51. The molecule has 2 aromatic rings. The molecular formula is C24H23Cl2N3O7S. The van der Waals surface area contributed by atoms with Crippen LogP contribution in [0.3, 0.4) is 0 Å². The van der Waals surface area contributed by atoms with Crippen molar-refractivity contribution in [2.24, 2.45) is 0 Å². The molecule has 37 heavy (non-hydrogen) atoms. The van der Waals surface area contributed by atoms with E-state index in [0.29, 0.717) is 11.3 Å².